The number of amides is 2. The number of carbonyl (C=O) groups is 2. The number of benzene rings is 3. The van der Waals surface area contributed by atoms with Crippen LogP contribution in [0.5, 0.6) is 5.75 Å². The molecule has 9 heteroatoms. The summed E-state index contributed by atoms with van der Waals surface area (Å²) in [5.74, 6) is -0.186. The van der Waals surface area contributed by atoms with Crippen molar-refractivity contribution in [3.8, 4) is 5.75 Å². The Morgan fingerprint density at radius 3 is 1.97 bits per heavy atom. The molecule has 38 heavy (non-hydrogen) atoms. The zero-order valence-electron chi connectivity index (χ0n) is 22.0. The molecule has 0 aliphatic carbocycles. The molecule has 202 valence electrons. The molecular formula is C29H35N3O5S. The maximum atomic E-state index is 13.9. The molecule has 0 aliphatic heterocycles. The Morgan fingerprint density at radius 2 is 1.45 bits per heavy atom. The molecule has 0 radical (unpaired) electrons. The van der Waals surface area contributed by atoms with E-state index in [1.165, 1.54) is 4.90 Å². The number of hydrogen-bond acceptors (Lipinski definition) is 5. The number of hydrogen-bond donors (Lipinski definition) is 1. The van der Waals surface area contributed by atoms with Gasteiger partial charge in [-0.15, -0.1) is 0 Å². The van der Waals surface area contributed by atoms with Gasteiger partial charge in [-0.25, -0.2) is 8.42 Å². The molecule has 0 spiro atoms. The van der Waals surface area contributed by atoms with E-state index in [2.05, 4.69) is 5.32 Å². The molecule has 0 fully saturated rings. The van der Waals surface area contributed by atoms with E-state index in [-0.39, 0.29) is 18.9 Å². The fourth-order valence-electron chi connectivity index (χ4n) is 4.12. The number of carbonyl (C=O) groups excluding carboxylic acids is 2. The van der Waals surface area contributed by atoms with Gasteiger partial charge in [0.25, 0.3) is 0 Å². The topological polar surface area (TPSA) is 96.0 Å². The normalized spacial score (nSPS) is 11.9. The molecule has 0 aromatic heterocycles. The summed E-state index contributed by atoms with van der Waals surface area (Å²) in [5.41, 5.74) is 2.05. The van der Waals surface area contributed by atoms with Gasteiger partial charge >= 0.3 is 0 Å². The number of likely N-dealkylation sites (N-methyl/N-ethyl adjacent to an activating group) is 1. The van der Waals surface area contributed by atoms with Crippen LogP contribution in [0.4, 0.5) is 5.69 Å². The van der Waals surface area contributed by atoms with Gasteiger partial charge in [-0.2, -0.15) is 0 Å². The van der Waals surface area contributed by atoms with E-state index >= 15 is 0 Å². The Labute approximate surface area is 225 Å². The van der Waals surface area contributed by atoms with Crippen LogP contribution in [0.3, 0.4) is 0 Å². The monoisotopic (exact) mass is 537 g/mol. The van der Waals surface area contributed by atoms with E-state index in [0.29, 0.717) is 24.6 Å². The summed E-state index contributed by atoms with van der Waals surface area (Å²) in [7, 11) is -3.82. The maximum Gasteiger partial charge on any atom is 0.244 e. The fraction of sp³-hybridized carbons (Fsp3) is 0.310. The highest BCUT2D eigenvalue weighted by Gasteiger charge is 2.32. The largest absolute Gasteiger partial charge is 0.494 e. The van der Waals surface area contributed by atoms with Crippen molar-refractivity contribution >= 4 is 27.5 Å². The van der Waals surface area contributed by atoms with E-state index in [1.54, 1.807) is 24.3 Å². The average Bonchev–Trinajstić information content (AvgIpc) is 2.90. The number of sulfonamides is 1. The van der Waals surface area contributed by atoms with E-state index < -0.39 is 28.5 Å². The zero-order valence-corrected chi connectivity index (χ0v) is 22.9. The fourth-order valence-corrected chi connectivity index (χ4v) is 4.96. The predicted octanol–water partition coefficient (Wildman–Crippen LogP) is 3.63. The molecular weight excluding hydrogens is 502 g/mol. The third-order valence-corrected chi connectivity index (χ3v) is 7.07. The van der Waals surface area contributed by atoms with E-state index in [1.807, 2.05) is 74.5 Å². The van der Waals surface area contributed by atoms with Crippen LogP contribution in [-0.2, 0) is 32.6 Å². The second kappa shape index (κ2) is 13.6. The number of anilines is 1. The molecule has 0 saturated carbocycles. The SMILES string of the molecule is CCNC(=O)[C@H](Cc1ccccc1)N(Cc1ccccc1)C(=O)CN(c1ccc(OCC)cc1)S(C)(=O)=O. The molecule has 0 aliphatic rings. The summed E-state index contributed by atoms with van der Waals surface area (Å²) in [4.78, 5) is 28.7. The standard InChI is InChI=1S/C29H35N3O5S/c1-4-30-29(34)27(20-23-12-8-6-9-13-23)31(21-24-14-10-7-11-15-24)28(33)22-32(38(3,35)36)25-16-18-26(19-17-25)37-5-2/h6-19,27H,4-5,20-22H2,1-3H3,(H,30,34)/t27-/m0/s1. The van der Waals surface area contributed by atoms with Gasteiger partial charge in [-0.05, 0) is 49.2 Å². The van der Waals surface area contributed by atoms with E-state index in [4.69, 9.17) is 4.74 Å². The number of nitrogens with one attached hydrogen (secondary N) is 1. The number of rotatable bonds is 13. The Morgan fingerprint density at radius 1 is 0.868 bits per heavy atom. The van der Waals surface area contributed by atoms with Crippen molar-refractivity contribution in [2.75, 3.05) is 30.3 Å². The predicted molar refractivity (Wildman–Crippen MR) is 149 cm³/mol. The highest BCUT2D eigenvalue weighted by molar-refractivity contribution is 7.92. The van der Waals surface area contributed by atoms with Crippen molar-refractivity contribution in [1.82, 2.24) is 10.2 Å². The molecule has 0 bridgehead atoms. The molecule has 3 rings (SSSR count). The highest BCUT2D eigenvalue weighted by Crippen LogP contribution is 2.23. The molecule has 0 unspecified atom stereocenters. The molecule has 0 saturated heterocycles. The lowest BCUT2D eigenvalue weighted by molar-refractivity contribution is -0.140. The minimum absolute atomic E-state index is 0.148. The van der Waals surface area contributed by atoms with Gasteiger partial charge < -0.3 is 15.0 Å². The van der Waals surface area contributed by atoms with Gasteiger partial charge in [-0.1, -0.05) is 60.7 Å². The third kappa shape index (κ3) is 8.08. The smallest absolute Gasteiger partial charge is 0.244 e. The molecule has 2 amide bonds. The molecule has 1 N–H and O–H groups in total. The molecule has 8 nitrogen and oxygen atoms in total. The molecule has 3 aromatic rings. The van der Waals surface area contributed by atoms with Crippen LogP contribution in [-0.4, -0.2) is 57.1 Å². The first kappa shape index (κ1) is 28.7. The molecule has 1 atom stereocenters. The lowest BCUT2D eigenvalue weighted by Crippen LogP contribution is -2.53. The Hall–Kier alpha value is -3.85. The minimum Gasteiger partial charge on any atom is -0.494 e. The lowest BCUT2D eigenvalue weighted by atomic mass is 10.0. The van der Waals surface area contributed by atoms with Gasteiger partial charge in [0.05, 0.1) is 18.6 Å². The van der Waals surface area contributed by atoms with Crippen LogP contribution in [0.2, 0.25) is 0 Å². The number of nitrogens with zero attached hydrogens (tertiary/aromatic N) is 2. The van der Waals surface area contributed by atoms with Crippen molar-refractivity contribution in [3.63, 3.8) is 0 Å². The summed E-state index contributed by atoms with van der Waals surface area (Å²) in [6.07, 6.45) is 1.34. The van der Waals surface area contributed by atoms with Crippen LogP contribution in [0.15, 0.2) is 84.9 Å². The van der Waals surface area contributed by atoms with Gasteiger partial charge in [0.15, 0.2) is 0 Å². The summed E-state index contributed by atoms with van der Waals surface area (Å²) in [6.45, 7) is 4.25. The summed E-state index contributed by atoms with van der Waals surface area (Å²) in [6, 6.07) is 24.5. The van der Waals surface area contributed by atoms with Crippen LogP contribution in [0.25, 0.3) is 0 Å². The van der Waals surface area contributed by atoms with Gasteiger partial charge in [-0.3, -0.25) is 13.9 Å². The average molecular weight is 538 g/mol. The summed E-state index contributed by atoms with van der Waals surface area (Å²) < 4.78 is 32.1. The summed E-state index contributed by atoms with van der Waals surface area (Å²) in [5, 5.41) is 2.84. The first-order chi connectivity index (χ1) is 18.2. The Bertz CT molecular complexity index is 1280. The van der Waals surface area contributed by atoms with Crippen molar-refractivity contribution in [3.05, 3.63) is 96.1 Å². The van der Waals surface area contributed by atoms with E-state index in [0.717, 1.165) is 21.7 Å². The first-order valence-corrected chi connectivity index (χ1v) is 14.4. The van der Waals surface area contributed by atoms with Gasteiger partial charge in [0, 0.05) is 19.5 Å². The Kier molecular flexibility index (Phi) is 10.3. The van der Waals surface area contributed by atoms with Crippen LogP contribution in [0, 0.1) is 0 Å². The van der Waals surface area contributed by atoms with Gasteiger partial charge in [0.1, 0.15) is 18.3 Å². The van der Waals surface area contributed by atoms with Crippen LogP contribution < -0.4 is 14.4 Å². The first-order valence-electron chi connectivity index (χ1n) is 12.6. The minimum atomic E-state index is -3.82. The second-order valence-electron chi connectivity index (χ2n) is 8.80. The van der Waals surface area contributed by atoms with Crippen LogP contribution in [0.1, 0.15) is 25.0 Å². The lowest BCUT2D eigenvalue weighted by Gasteiger charge is -2.33. The van der Waals surface area contributed by atoms with Crippen molar-refractivity contribution in [2.24, 2.45) is 0 Å². The molecule has 0 heterocycles. The van der Waals surface area contributed by atoms with Crippen LogP contribution >= 0.6 is 0 Å². The van der Waals surface area contributed by atoms with Crippen molar-refractivity contribution in [1.29, 1.82) is 0 Å². The third-order valence-electron chi connectivity index (χ3n) is 5.93. The zero-order chi connectivity index (χ0) is 27.5. The molecule has 3 aromatic carbocycles. The Balaban J connectivity index is 1.99. The van der Waals surface area contributed by atoms with Crippen molar-refractivity contribution < 1.29 is 22.7 Å². The maximum absolute atomic E-state index is 13.9. The van der Waals surface area contributed by atoms with Crippen molar-refractivity contribution in [2.45, 2.75) is 32.9 Å². The quantitative estimate of drug-likeness (QED) is 0.359. The summed E-state index contributed by atoms with van der Waals surface area (Å²) >= 11 is 0. The number of ether oxygens (including phenoxy) is 1. The van der Waals surface area contributed by atoms with Gasteiger partial charge in [0.2, 0.25) is 21.8 Å². The highest BCUT2D eigenvalue weighted by atomic mass is 32.2. The second-order valence-corrected chi connectivity index (χ2v) is 10.7. The van der Waals surface area contributed by atoms with E-state index in [9.17, 15) is 18.0 Å².